The summed E-state index contributed by atoms with van der Waals surface area (Å²) in [5, 5.41) is 16.7. The van der Waals surface area contributed by atoms with Crippen molar-refractivity contribution in [2.24, 2.45) is 17.8 Å². The monoisotopic (exact) mass is 636 g/mol. The lowest BCUT2D eigenvalue weighted by Crippen LogP contribution is -2.55. The van der Waals surface area contributed by atoms with E-state index in [1.807, 2.05) is 57.2 Å². The van der Waals surface area contributed by atoms with Gasteiger partial charge in [-0.2, -0.15) is 0 Å². The molecule has 244 valence electrons. The predicted molar refractivity (Wildman–Crippen MR) is 181 cm³/mol. The van der Waals surface area contributed by atoms with E-state index in [-0.39, 0.29) is 30.2 Å². The highest BCUT2D eigenvalue weighted by Crippen LogP contribution is 2.71. The lowest BCUT2D eigenvalue weighted by Gasteiger charge is -2.37. The molecule has 2 bridgehead atoms. The van der Waals surface area contributed by atoms with Crippen LogP contribution < -0.4 is 20.3 Å². The summed E-state index contributed by atoms with van der Waals surface area (Å²) in [4.78, 5) is 46.8. The van der Waals surface area contributed by atoms with Gasteiger partial charge in [-0.25, -0.2) is 0 Å². The lowest BCUT2D eigenvalue weighted by atomic mass is 9.66. The van der Waals surface area contributed by atoms with E-state index >= 15 is 0 Å². The molecule has 10 heteroatoms. The van der Waals surface area contributed by atoms with Crippen LogP contribution in [0, 0.1) is 17.8 Å². The molecule has 3 aliphatic heterocycles. The van der Waals surface area contributed by atoms with Gasteiger partial charge in [0.15, 0.2) is 0 Å². The number of ether oxygens (including phenoxy) is 1. The number of benzene rings is 2. The number of nitrogens with one attached hydrogen (secondary N) is 2. The fourth-order valence-corrected chi connectivity index (χ4v) is 10.2. The molecule has 1 spiro atoms. The Morgan fingerprint density at radius 1 is 1.00 bits per heavy atom. The Morgan fingerprint density at radius 3 is 2.16 bits per heavy atom. The molecular formula is C35H48N4O5S. The molecule has 5 rings (SSSR count). The van der Waals surface area contributed by atoms with Gasteiger partial charge in [-0.1, -0.05) is 13.8 Å². The van der Waals surface area contributed by atoms with E-state index in [4.69, 9.17) is 4.74 Å². The van der Waals surface area contributed by atoms with Gasteiger partial charge in [0.05, 0.1) is 35.8 Å². The second-order valence-corrected chi connectivity index (χ2v) is 15.0. The Morgan fingerprint density at radius 2 is 1.60 bits per heavy atom. The summed E-state index contributed by atoms with van der Waals surface area (Å²) in [6.45, 7) is 14.3. The quantitative estimate of drug-likeness (QED) is 0.270. The summed E-state index contributed by atoms with van der Waals surface area (Å²) in [7, 11) is 0. The molecule has 3 amide bonds. The van der Waals surface area contributed by atoms with Crippen LogP contribution >= 0.6 is 11.8 Å². The molecule has 0 aliphatic carbocycles. The Hall–Kier alpha value is -3.24. The van der Waals surface area contributed by atoms with Gasteiger partial charge in [0.25, 0.3) is 0 Å². The van der Waals surface area contributed by atoms with Crippen molar-refractivity contribution in [1.82, 2.24) is 4.90 Å². The summed E-state index contributed by atoms with van der Waals surface area (Å²) < 4.78 is 4.26. The molecule has 2 aromatic rings. The molecule has 0 aromatic heterocycles. The second-order valence-electron chi connectivity index (χ2n) is 13.1. The van der Waals surface area contributed by atoms with Crippen LogP contribution in [0.5, 0.6) is 5.75 Å². The third kappa shape index (κ3) is 6.03. The van der Waals surface area contributed by atoms with Crippen LogP contribution in [-0.2, 0) is 14.4 Å². The van der Waals surface area contributed by atoms with Gasteiger partial charge in [-0.05, 0) is 101 Å². The molecule has 3 fully saturated rings. The van der Waals surface area contributed by atoms with Crippen LogP contribution in [0.4, 0.5) is 17.1 Å². The number of nitrogens with zero attached hydrogens (tertiary/aromatic N) is 2. The molecule has 0 radical (unpaired) electrons. The largest absolute Gasteiger partial charge is 0.494 e. The molecule has 2 unspecified atom stereocenters. The van der Waals surface area contributed by atoms with Crippen molar-refractivity contribution in [3.05, 3.63) is 48.5 Å². The van der Waals surface area contributed by atoms with Crippen molar-refractivity contribution in [3.8, 4) is 5.75 Å². The first kappa shape index (κ1) is 33.1. The number of aliphatic hydroxyl groups is 1. The number of likely N-dealkylation sites (tertiary alicyclic amines) is 1. The summed E-state index contributed by atoms with van der Waals surface area (Å²) in [5.41, 5.74) is 2.36. The van der Waals surface area contributed by atoms with Crippen LogP contribution in [0.2, 0.25) is 0 Å². The number of carbonyl (C=O) groups excluding carboxylic acids is 3. The van der Waals surface area contributed by atoms with Crippen LogP contribution in [0.25, 0.3) is 0 Å². The van der Waals surface area contributed by atoms with Crippen molar-refractivity contribution >= 4 is 46.5 Å². The molecular weight excluding hydrogens is 588 g/mol. The standard InChI is InChI=1S/C35H48N4O5S/c1-7-38(8-2)25-14-10-23(11-15-25)37-32(42)30-35-19-18-34(6,45-35)28(29(35)33(43)39(30)26(21-40)20-22(4)5)31(41)36-24-12-16-27(17-13-24)44-9-3/h10-17,22,26,28-30,40H,7-9,18-21H2,1-6H3,(H,36,41)(H,37,42)/t26-,28-,29+,30?,34+,35?/m1/s1. The van der Waals surface area contributed by atoms with Crippen molar-refractivity contribution in [1.29, 1.82) is 0 Å². The van der Waals surface area contributed by atoms with Gasteiger partial charge in [0, 0.05) is 34.9 Å². The lowest BCUT2D eigenvalue weighted by molar-refractivity contribution is -0.142. The molecule has 45 heavy (non-hydrogen) atoms. The van der Waals surface area contributed by atoms with E-state index in [1.165, 1.54) is 0 Å². The van der Waals surface area contributed by atoms with Crippen molar-refractivity contribution in [2.75, 3.05) is 41.8 Å². The van der Waals surface area contributed by atoms with Gasteiger partial charge in [-0.3, -0.25) is 14.4 Å². The molecule has 6 atom stereocenters. The molecule has 2 aromatic carbocycles. The van der Waals surface area contributed by atoms with Gasteiger partial charge in [0.1, 0.15) is 11.8 Å². The molecule has 3 saturated heterocycles. The Labute approximate surface area is 271 Å². The zero-order chi connectivity index (χ0) is 32.5. The minimum Gasteiger partial charge on any atom is -0.494 e. The van der Waals surface area contributed by atoms with E-state index in [0.717, 1.165) is 24.5 Å². The zero-order valence-corrected chi connectivity index (χ0v) is 28.2. The van der Waals surface area contributed by atoms with E-state index in [0.29, 0.717) is 37.2 Å². The first-order chi connectivity index (χ1) is 21.5. The van der Waals surface area contributed by atoms with Gasteiger partial charge in [0.2, 0.25) is 17.7 Å². The maximum absolute atomic E-state index is 14.6. The number of carbonyl (C=O) groups is 3. The SMILES string of the molecule is CCOc1ccc(NC(=O)[C@H]2[C@H]3C(=O)N([C@@H](CO)CC(C)C)C(C(=O)Nc4ccc(N(CC)CC)cc4)C34CC[C@]2(C)S4)cc1. The van der Waals surface area contributed by atoms with Crippen molar-refractivity contribution < 1.29 is 24.2 Å². The number of amides is 3. The molecule has 3 aliphatic rings. The normalized spacial score (nSPS) is 27.4. The second kappa shape index (κ2) is 13.2. The number of hydrogen-bond donors (Lipinski definition) is 3. The Balaban J connectivity index is 1.47. The topological polar surface area (TPSA) is 111 Å². The average Bonchev–Trinajstić information content (AvgIpc) is 3.59. The fraction of sp³-hybridized carbons (Fsp3) is 0.571. The smallest absolute Gasteiger partial charge is 0.248 e. The Bertz CT molecular complexity index is 1380. The van der Waals surface area contributed by atoms with Crippen LogP contribution in [0.3, 0.4) is 0 Å². The van der Waals surface area contributed by atoms with Gasteiger partial charge < -0.3 is 30.3 Å². The first-order valence-corrected chi connectivity index (χ1v) is 17.2. The number of rotatable bonds is 13. The number of anilines is 3. The van der Waals surface area contributed by atoms with E-state index in [9.17, 15) is 19.5 Å². The maximum atomic E-state index is 14.6. The fourth-order valence-electron chi connectivity index (χ4n) is 7.85. The minimum atomic E-state index is -0.816. The Kier molecular flexibility index (Phi) is 9.75. The molecule has 9 nitrogen and oxygen atoms in total. The van der Waals surface area contributed by atoms with Crippen molar-refractivity contribution in [2.45, 2.75) is 82.4 Å². The maximum Gasteiger partial charge on any atom is 0.248 e. The van der Waals surface area contributed by atoms with Gasteiger partial charge in [-0.15, -0.1) is 11.8 Å². The summed E-state index contributed by atoms with van der Waals surface area (Å²) in [5.74, 6) is -1.08. The number of fused-ring (bicyclic) bond motifs is 1. The highest BCUT2D eigenvalue weighted by Gasteiger charge is 2.77. The third-order valence-corrected chi connectivity index (χ3v) is 11.8. The third-order valence-electron chi connectivity index (χ3n) is 9.79. The number of aliphatic hydroxyl groups excluding tert-OH is 1. The summed E-state index contributed by atoms with van der Waals surface area (Å²) in [6, 6.07) is 13.7. The number of thioether (sulfide) groups is 1. The molecule has 3 N–H and O–H groups in total. The first-order valence-electron chi connectivity index (χ1n) is 16.3. The minimum absolute atomic E-state index is 0.199. The zero-order valence-electron chi connectivity index (χ0n) is 27.3. The summed E-state index contributed by atoms with van der Waals surface area (Å²) >= 11 is 1.63. The highest BCUT2D eigenvalue weighted by molar-refractivity contribution is 8.02. The summed E-state index contributed by atoms with van der Waals surface area (Å²) in [6.07, 6.45) is 1.91. The van der Waals surface area contributed by atoms with Crippen LogP contribution in [-0.4, -0.2) is 75.6 Å². The highest BCUT2D eigenvalue weighted by atomic mass is 32.2. The van der Waals surface area contributed by atoms with E-state index in [1.54, 1.807) is 28.8 Å². The van der Waals surface area contributed by atoms with Gasteiger partial charge >= 0.3 is 0 Å². The number of hydrogen-bond acceptors (Lipinski definition) is 7. The van der Waals surface area contributed by atoms with Crippen LogP contribution in [0.1, 0.15) is 60.8 Å². The average molecular weight is 637 g/mol. The van der Waals surface area contributed by atoms with E-state index in [2.05, 4.69) is 36.3 Å². The van der Waals surface area contributed by atoms with Crippen molar-refractivity contribution in [3.63, 3.8) is 0 Å². The van der Waals surface area contributed by atoms with Crippen LogP contribution in [0.15, 0.2) is 48.5 Å². The molecule has 3 heterocycles. The van der Waals surface area contributed by atoms with E-state index < -0.39 is 33.4 Å². The predicted octanol–water partition coefficient (Wildman–Crippen LogP) is 5.40. The molecule has 0 saturated carbocycles.